The summed E-state index contributed by atoms with van der Waals surface area (Å²) < 4.78 is 27.2. The van der Waals surface area contributed by atoms with E-state index in [1.807, 2.05) is 26.1 Å². The maximum absolute atomic E-state index is 12.8. The molecule has 4 nitrogen and oxygen atoms in total. The van der Waals surface area contributed by atoms with Gasteiger partial charge in [-0.3, -0.25) is 0 Å². The molecule has 112 valence electrons. The van der Waals surface area contributed by atoms with Crippen LogP contribution in [0.25, 0.3) is 0 Å². The molecule has 1 saturated carbocycles. The summed E-state index contributed by atoms with van der Waals surface area (Å²) in [4.78, 5) is 0.393. The monoisotopic (exact) mass is 296 g/mol. The van der Waals surface area contributed by atoms with Crippen LogP contribution in [0.2, 0.25) is 0 Å². The molecule has 0 radical (unpaired) electrons. The zero-order valence-corrected chi connectivity index (χ0v) is 13.1. The van der Waals surface area contributed by atoms with Crippen LogP contribution in [0.3, 0.4) is 0 Å². The Bertz CT molecular complexity index is 519. The number of hydrogen-bond acceptors (Lipinski definition) is 3. The standard InChI is InChI=1S/C15H24N2O2S/c1-3-17(14-7-5-4-6-8-14)20(18,19)15-11-9-13(16-2)10-12-15/h9-12,14,16H,3-8H2,1-2H3. The molecule has 0 amide bonds. The Labute approximate surface area is 122 Å². The molecule has 1 N–H and O–H groups in total. The van der Waals surface area contributed by atoms with Crippen molar-refractivity contribution in [3.63, 3.8) is 0 Å². The summed E-state index contributed by atoms with van der Waals surface area (Å²) in [6.45, 7) is 2.47. The van der Waals surface area contributed by atoms with Crippen molar-refractivity contribution in [1.82, 2.24) is 4.31 Å². The number of nitrogens with one attached hydrogen (secondary N) is 1. The minimum atomic E-state index is -3.37. The van der Waals surface area contributed by atoms with E-state index in [-0.39, 0.29) is 6.04 Å². The Morgan fingerprint density at radius 2 is 1.75 bits per heavy atom. The minimum absolute atomic E-state index is 0.169. The molecule has 0 aromatic heterocycles. The van der Waals surface area contributed by atoms with Gasteiger partial charge in [0.25, 0.3) is 0 Å². The van der Waals surface area contributed by atoms with Crippen molar-refractivity contribution in [2.24, 2.45) is 0 Å². The summed E-state index contributed by atoms with van der Waals surface area (Å²) in [6, 6.07) is 7.16. The molecular formula is C15H24N2O2S. The highest BCUT2D eigenvalue weighted by Gasteiger charge is 2.30. The molecule has 1 fully saturated rings. The molecule has 1 aliphatic carbocycles. The maximum Gasteiger partial charge on any atom is 0.243 e. The highest BCUT2D eigenvalue weighted by molar-refractivity contribution is 7.89. The zero-order chi connectivity index (χ0) is 14.6. The summed E-state index contributed by atoms with van der Waals surface area (Å²) in [6.07, 6.45) is 5.47. The molecule has 20 heavy (non-hydrogen) atoms. The highest BCUT2D eigenvalue weighted by atomic mass is 32.2. The van der Waals surface area contributed by atoms with Crippen LogP contribution in [-0.2, 0) is 10.0 Å². The fraction of sp³-hybridized carbons (Fsp3) is 0.600. The summed E-state index contributed by atoms with van der Waals surface area (Å²) in [7, 11) is -1.55. The lowest BCUT2D eigenvalue weighted by Crippen LogP contribution is -2.41. The SMILES string of the molecule is CCN(C1CCCCC1)S(=O)(=O)c1ccc(NC)cc1. The third-order valence-electron chi connectivity index (χ3n) is 4.04. The van der Waals surface area contributed by atoms with Crippen LogP contribution >= 0.6 is 0 Å². The van der Waals surface area contributed by atoms with Gasteiger partial charge in [-0.2, -0.15) is 4.31 Å². The van der Waals surface area contributed by atoms with E-state index in [0.717, 1.165) is 31.4 Å². The molecular weight excluding hydrogens is 272 g/mol. The van der Waals surface area contributed by atoms with E-state index in [0.29, 0.717) is 11.4 Å². The van der Waals surface area contributed by atoms with Gasteiger partial charge in [0.1, 0.15) is 0 Å². The molecule has 1 aromatic rings. The van der Waals surface area contributed by atoms with Gasteiger partial charge < -0.3 is 5.32 Å². The quantitative estimate of drug-likeness (QED) is 0.908. The first kappa shape index (κ1) is 15.3. The van der Waals surface area contributed by atoms with E-state index in [1.54, 1.807) is 16.4 Å². The van der Waals surface area contributed by atoms with Gasteiger partial charge >= 0.3 is 0 Å². The fourth-order valence-corrected chi connectivity index (χ4v) is 4.62. The molecule has 0 heterocycles. The van der Waals surface area contributed by atoms with Crippen LogP contribution < -0.4 is 5.32 Å². The Morgan fingerprint density at radius 1 is 1.15 bits per heavy atom. The molecule has 0 saturated heterocycles. The average molecular weight is 296 g/mol. The third kappa shape index (κ3) is 3.15. The lowest BCUT2D eigenvalue weighted by atomic mass is 9.95. The van der Waals surface area contributed by atoms with E-state index in [1.165, 1.54) is 6.42 Å². The summed E-state index contributed by atoms with van der Waals surface area (Å²) in [5.41, 5.74) is 0.921. The normalized spacial score (nSPS) is 17.4. The van der Waals surface area contributed by atoms with Gasteiger partial charge in [0, 0.05) is 25.3 Å². The first-order chi connectivity index (χ1) is 9.59. The van der Waals surface area contributed by atoms with E-state index in [2.05, 4.69) is 5.32 Å². The third-order valence-corrected chi connectivity index (χ3v) is 6.08. The fourth-order valence-electron chi connectivity index (χ4n) is 2.92. The van der Waals surface area contributed by atoms with Gasteiger partial charge in [0.15, 0.2) is 0 Å². The molecule has 1 aromatic carbocycles. The number of benzene rings is 1. The molecule has 5 heteroatoms. The largest absolute Gasteiger partial charge is 0.388 e. The Kier molecular flexibility index (Phi) is 5.05. The maximum atomic E-state index is 12.8. The average Bonchev–Trinajstić information content (AvgIpc) is 2.49. The van der Waals surface area contributed by atoms with Gasteiger partial charge in [-0.1, -0.05) is 26.2 Å². The first-order valence-corrected chi connectivity index (χ1v) is 8.83. The second-order valence-corrected chi connectivity index (χ2v) is 7.17. The topological polar surface area (TPSA) is 49.4 Å². The van der Waals surface area contributed by atoms with E-state index in [9.17, 15) is 8.42 Å². The van der Waals surface area contributed by atoms with Gasteiger partial charge in [0.05, 0.1) is 4.90 Å². The smallest absolute Gasteiger partial charge is 0.243 e. The lowest BCUT2D eigenvalue weighted by Gasteiger charge is -2.32. The van der Waals surface area contributed by atoms with Crippen molar-refractivity contribution in [2.45, 2.75) is 50.0 Å². The van der Waals surface area contributed by atoms with Gasteiger partial charge in [-0.25, -0.2) is 8.42 Å². The van der Waals surface area contributed by atoms with Crippen LogP contribution in [0.15, 0.2) is 29.2 Å². The first-order valence-electron chi connectivity index (χ1n) is 7.39. The Hall–Kier alpha value is -1.07. The predicted octanol–water partition coefficient (Wildman–Crippen LogP) is 3.07. The van der Waals surface area contributed by atoms with Crippen molar-refractivity contribution in [3.05, 3.63) is 24.3 Å². The molecule has 0 atom stereocenters. The number of sulfonamides is 1. The minimum Gasteiger partial charge on any atom is -0.388 e. The highest BCUT2D eigenvalue weighted by Crippen LogP contribution is 2.28. The van der Waals surface area contributed by atoms with Gasteiger partial charge in [-0.05, 0) is 37.1 Å². The van der Waals surface area contributed by atoms with Crippen molar-refractivity contribution >= 4 is 15.7 Å². The molecule has 2 rings (SSSR count). The predicted molar refractivity (Wildman–Crippen MR) is 82.4 cm³/mol. The number of hydrogen-bond donors (Lipinski definition) is 1. The Morgan fingerprint density at radius 3 is 2.25 bits per heavy atom. The van der Waals surface area contributed by atoms with Crippen LogP contribution in [0.1, 0.15) is 39.0 Å². The molecule has 0 aliphatic heterocycles. The number of rotatable bonds is 5. The lowest BCUT2D eigenvalue weighted by molar-refractivity contribution is 0.261. The summed E-state index contributed by atoms with van der Waals surface area (Å²) in [5.74, 6) is 0. The van der Waals surface area contributed by atoms with Gasteiger partial charge in [-0.15, -0.1) is 0 Å². The van der Waals surface area contributed by atoms with Crippen molar-refractivity contribution in [3.8, 4) is 0 Å². The van der Waals surface area contributed by atoms with Crippen molar-refractivity contribution in [1.29, 1.82) is 0 Å². The number of nitrogens with zero attached hydrogens (tertiary/aromatic N) is 1. The Balaban J connectivity index is 2.25. The van der Waals surface area contributed by atoms with E-state index >= 15 is 0 Å². The van der Waals surface area contributed by atoms with Crippen LogP contribution in [0, 0.1) is 0 Å². The summed E-state index contributed by atoms with van der Waals surface area (Å²) >= 11 is 0. The van der Waals surface area contributed by atoms with Crippen LogP contribution in [0.5, 0.6) is 0 Å². The number of anilines is 1. The van der Waals surface area contributed by atoms with Gasteiger partial charge in [0.2, 0.25) is 10.0 Å². The second kappa shape index (κ2) is 6.59. The van der Waals surface area contributed by atoms with E-state index in [4.69, 9.17) is 0 Å². The molecule has 0 spiro atoms. The second-order valence-electron chi connectivity index (χ2n) is 5.27. The van der Waals surface area contributed by atoms with Crippen LogP contribution in [-0.4, -0.2) is 32.4 Å². The summed E-state index contributed by atoms with van der Waals surface area (Å²) in [5, 5.41) is 3.00. The van der Waals surface area contributed by atoms with Crippen molar-refractivity contribution < 1.29 is 8.42 Å². The van der Waals surface area contributed by atoms with Crippen molar-refractivity contribution in [2.75, 3.05) is 18.9 Å². The molecule has 0 unspecified atom stereocenters. The molecule has 1 aliphatic rings. The molecule has 0 bridgehead atoms. The zero-order valence-electron chi connectivity index (χ0n) is 12.3. The van der Waals surface area contributed by atoms with E-state index < -0.39 is 10.0 Å². The van der Waals surface area contributed by atoms with Crippen LogP contribution in [0.4, 0.5) is 5.69 Å².